The van der Waals surface area contributed by atoms with Gasteiger partial charge in [0.1, 0.15) is 12.7 Å². The second kappa shape index (κ2) is 8.47. The molecule has 3 heteroatoms. The summed E-state index contributed by atoms with van der Waals surface area (Å²) < 4.78 is 11.6. The number of rotatable bonds is 9. The Hall–Kier alpha value is -0.700. The zero-order chi connectivity index (χ0) is 13.3. The van der Waals surface area contributed by atoms with Crippen LogP contribution in [-0.4, -0.2) is 12.7 Å². The highest BCUT2D eigenvalue weighted by Gasteiger charge is 2.21. The average molecular weight is 282 g/mol. The Morgan fingerprint density at radius 1 is 1.11 bits per heavy atom. The second-order valence-corrected chi connectivity index (χ2v) is 6.27. The Balaban J connectivity index is 1.48. The molecule has 0 aromatic carbocycles. The van der Waals surface area contributed by atoms with E-state index in [1.807, 2.05) is 11.4 Å². The van der Waals surface area contributed by atoms with Crippen molar-refractivity contribution in [1.29, 1.82) is 0 Å². The van der Waals surface area contributed by atoms with Gasteiger partial charge >= 0.3 is 0 Å². The molecule has 2 nitrogen and oxygen atoms in total. The van der Waals surface area contributed by atoms with Crippen molar-refractivity contribution >= 4 is 11.3 Å². The molecule has 0 saturated heterocycles. The fraction of sp³-hybridized carbons (Fsp3) is 0.750. The molecule has 1 aliphatic rings. The SMILES string of the molecule is CCCCCCCCCCC1COc2sccc2O1. The molecule has 0 aliphatic carbocycles. The van der Waals surface area contributed by atoms with Crippen molar-refractivity contribution in [2.45, 2.75) is 70.8 Å². The normalized spacial score (nSPS) is 17.6. The molecule has 1 aromatic heterocycles. The van der Waals surface area contributed by atoms with Crippen LogP contribution in [0.3, 0.4) is 0 Å². The molecule has 0 spiro atoms. The van der Waals surface area contributed by atoms with Gasteiger partial charge in [0.25, 0.3) is 0 Å². The summed E-state index contributed by atoms with van der Waals surface area (Å²) in [4.78, 5) is 0. The van der Waals surface area contributed by atoms with E-state index in [0.29, 0.717) is 0 Å². The minimum atomic E-state index is 0.266. The molecule has 0 bridgehead atoms. The lowest BCUT2D eigenvalue weighted by Gasteiger charge is -2.24. The van der Waals surface area contributed by atoms with Gasteiger partial charge in [0.2, 0.25) is 5.06 Å². The van der Waals surface area contributed by atoms with Gasteiger partial charge in [0.05, 0.1) is 0 Å². The molecular formula is C16H26O2S. The van der Waals surface area contributed by atoms with Crippen LogP contribution in [0.4, 0.5) is 0 Å². The van der Waals surface area contributed by atoms with E-state index >= 15 is 0 Å². The average Bonchev–Trinajstić information content (AvgIpc) is 2.89. The molecule has 0 fully saturated rings. The van der Waals surface area contributed by atoms with Crippen molar-refractivity contribution in [3.63, 3.8) is 0 Å². The predicted molar refractivity (Wildman–Crippen MR) is 81.5 cm³/mol. The van der Waals surface area contributed by atoms with Crippen molar-refractivity contribution in [3.05, 3.63) is 11.4 Å². The number of unbranched alkanes of at least 4 members (excludes halogenated alkanes) is 7. The van der Waals surface area contributed by atoms with Crippen LogP contribution in [0.15, 0.2) is 11.4 Å². The van der Waals surface area contributed by atoms with Crippen LogP contribution in [-0.2, 0) is 0 Å². The van der Waals surface area contributed by atoms with Gasteiger partial charge in [-0.05, 0) is 24.3 Å². The Morgan fingerprint density at radius 2 is 1.84 bits per heavy atom. The van der Waals surface area contributed by atoms with Crippen LogP contribution < -0.4 is 9.47 Å². The van der Waals surface area contributed by atoms with Crippen LogP contribution >= 0.6 is 11.3 Å². The number of hydrogen-bond donors (Lipinski definition) is 0. The molecular weight excluding hydrogens is 256 g/mol. The summed E-state index contributed by atoms with van der Waals surface area (Å²) in [5.41, 5.74) is 0. The second-order valence-electron chi connectivity index (χ2n) is 5.39. The summed E-state index contributed by atoms with van der Waals surface area (Å²) in [6, 6.07) is 2.01. The molecule has 19 heavy (non-hydrogen) atoms. The van der Waals surface area contributed by atoms with Crippen LogP contribution in [0.1, 0.15) is 64.7 Å². The van der Waals surface area contributed by atoms with E-state index in [4.69, 9.17) is 9.47 Å². The molecule has 1 unspecified atom stereocenters. The quantitative estimate of drug-likeness (QED) is 0.563. The monoisotopic (exact) mass is 282 g/mol. The Kier molecular flexibility index (Phi) is 6.55. The molecule has 0 saturated carbocycles. The first-order chi connectivity index (χ1) is 9.40. The van der Waals surface area contributed by atoms with E-state index in [9.17, 15) is 0 Å². The van der Waals surface area contributed by atoms with Crippen LogP contribution in [0, 0.1) is 0 Å². The van der Waals surface area contributed by atoms with E-state index in [1.165, 1.54) is 51.4 Å². The Bertz CT molecular complexity index is 348. The fourth-order valence-corrected chi connectivity index (χ4v) is 3.19. The maximum atomic E-state index is 5.92. The van der Waals surface area contributed by atoms with E-state index < -0.39 is 0 Å². The maximum Gasteiger partial charge on any atom is 0.217 e. The lowest BCUT2D eigenvalue weighted by atomic mass is 10.1. The molecule has 2 rings (SSSR count). The molecule has 0 radical (unpaired) electrons. The third-order valence-corrected chi connectivity index (χ3v) is 4.47. The molecule has 1 aromatic rings. The van der Waals surface area contributed by atoms with Crippen LogP contribution in [0.25, 0.3) is 0 Å². The lowest BCUT2D eigenvalue weighted by molar-refractivity contribution is 0.0871. The van der Waals surface area contributed by atoms with Crippen molar-refractivity contribution in [2.24, 2.45) is 0 Å². The number of ether oxygens (including phenoxy) is 2. The smallest absolute Gasteiger partial charge is 0.217 e. The zero-order valence-corrected chi connectivity index (χ0v) is 12.8. The topological polar surface area (TPSA) is 18.5 Å². The molecule has 2 heterocycles. The van der Waals surface area contributed by atoms with Crippen molar-refractivity contribution in [2.75, 3.05) is 6.61 Å². The molecule has 0 N–H and O–H groups in total. The summed E-state index contributed by atoms with van der Waals surface area (Å²) in [6.45, 7) is 3.00. The number of thiophene rings is 1. The van der Waals surface area contributed by atoms with Gasteiger partial charge in [-0.15, -0.1) is 11.3 Å². The first-order valence-electron chi connectivity index (χ1n) is 7.77. The predicted octanol–water partition coefficient (Wildman–Crippen LogP) is 5.42. The fourth-order valence-electron chi connectivity index (χ4n) is 2.51. The van der Waals surface area contributed by atoms with Gasteiger partial charge in [0, 0.05) is 0 Å². The van der Waals surface area contributed by atoms with Gasteiger partial charge in [-0.2, -0.15) is 0 Å². The van der Waals surface area contributed by atoms with Crippen molar-refractivity contribution < 1.29 is 9.47 Å². The minimum absolute atomic E-state index is 0.266. The summed E-state index contributed by atoms with van der Waals surface area (Å²) in [7, 11) is 0. The summed E-state index contributed by atoms with van der Waals surface area (Å²) >= 11 is 1.62. The molecule has 108 valence electrons. The van der Waals surface area contributed by atoms with Gasteiger partial charge < -0.3 is 9.47 Å². The molecule has 1 atom stereocenters. The minimum Gasteiger partial charge on any atom is -0.482 e. The first kappa shape index (κ1) is 14.7. The van der Waals surface area contributed by atoms with Crippen LogP contribution in [0.2, 0.25) is 0 Å². The van der Waals surface area contributed by atoms with Crippen molar-refractivity contribution in [3.8, 4) is 10.8 Å². The van der Waals surface area contributed by atoms with E-state index in [0.717, 1.165) is 23.8 Å². The molecule has 0 amide bonds. The van der Waals surface area contributed by atoms with E-state index in [1.54, 1.807) is 11.3 Å². The third-order valence-electron chi connectivity index (χ3n) is 3.67. The largest absolute Gasteiger partial charge is 0.482 e. The highest BCUT2D eigenvalue weighted by atomic mass is 32.1. The van der Waals surface area contributed by atoms with Gasteiger partial charge in [-0.1, -0.05) is 51.9 Å². The maximum absolute atomic E-state index is 5.92. The highest BCUT2D eigenvalue weighted by Crippen LogP contribution is 2.37. The summed E-state index contributed by atoms with van der Waals surface area (Å²) in [5, 5.41) is 2.98. The highest BCUT2D eigenvalue weighted by molar-refractivity contribution is 7.12. The summed E-state index contributed by atoms with van der Waals surface area (Å²) in [6.07, 6.45) is 12.3. The lowest BCUT2D eigenvalue weighted by Crippen LogP contribution is -2.28. The van der Waals surface area contributed by atoms with E-state index in [-0.39, 0.29) is 6.10 Å². The Labute approximate surface area is 121 Å². The van der Waals surface area contributed by atoms with Gasteiger partial charge in [-0.25, -0.2) is 0 Å². The van der Waals surface area contributed by atoms with Gasteiger partial charge in [0.15, 0.2) is 5.75 Å². The van der Waals surface area contributed by atoms with Gasteiger partial charge in [-0.3, -0.25) is 0 Å². The number of fused-ring (bicyclic) bond motifs is 1. The summed E-state index contributed by atoms with van der Waals surface area (Å²) in [5.74, 6) is 0.945. The number of hydrogen-bond acceptors (Lipinski definition) is 3. The Morgan fingerprint density at radius 3 is 2.63 bits per heavy atom. The first-order valence-corrected chi connectivity index (χ1v) is 8.65. The molecule has 1 aliphatic heterocycles. The third kappa shape index (κ3) is 5.06. The van der Waals surface area contributed by atoms with Crippen molar-refractivity contribution in [1.82, 2.24) is 0 Å². The van der Waals surface area contributed by atoms with Crippen LogP contribution in [0.5, 0.6) is 10.8 Å². The zero-order valence-electron chi connectivity index (χ0n) is 12.0. The standard InChI is InChI=1S/C16H26O2S/c1-2-3-4-5-6-7-8-9-10-14-13-17-16-15(18-14)11-12-19-16/h11-12,14H,2-10,13H2,1H3. The van der Waals surface area contributed by atoms with E-state index in [2.05, 4.69) is 6.92 Å².